The number of para-hydroxylation sites is 1. The minimum atomic E-state index is -3.99. The Morgan fingerprint density at radius 2 is 1.64 bits per heavy atom. The molecule has 0 aromatic heterocycles. The Labute approximate surface area is 200 Å². The van der Waals surface area contributed by atoms with Crippen molar-refractivity contribution in [3.05, 3.63) is 88.9 Å². The number of amides is 1. The molecule has 0 atom stereocenters. The molecule has 0 saturated heterocycles. The van der Waals surface area contributed by atoms with Crippen LogP contribution >= 0.6 is 11.6 Å². The number of hydrogen-bond acceptors (Lipinski definition) is 4. The monoisotopic (exact) mass is 486 g/mol. The van der Waals surface area contributed by atoms with E-state index in [1.165, 1.54) is 24.3 Å². The number of halogens is 1. The van der Waals surface area contributed by atoms with E-state index in [4.69, 9.17) is 16.3 Å². The third kappa shape index (κ3) is 6.49. The normalized spacial score (nSPS) is 11.3. The highest BCUT2D eigenvalue weighted by molar-refractivity contribution is 7.92. The minimum absolute atomic E-state index is 0.0590. The summed E-state index contributed by atoms with van der Waals surface area (Å²) in [5.41, 5.74) is 2.06. The highest BCUT2D eigenvalue weighted by Crippen LogP contribution is 2.27. The molecule has 0 saturated carbocycles. The number of benzene rings is 3. The zero-order valence-electron chi connectivity index (χ0n) is 18.8. The number of nitrogens with one attached hydrogen (secondary N) is 1. The number of rotatable bonds is 9. The van der Waals surface area contributed by atoms with Gasteiger partial charge in [0.2, 0.25) is 5.91 Å². The number of nitrogens with zero attached hydrogens (tertiary/aromatic N) is 1. The number of anilines is 1. The van der Waals surface area contributed by atoms with Crippen molar-refractivity contribution in [3.8, 4) is 5.75 Å². The van der Waals surface area contributed by atoms with E-state index in [-0.39, 0.29) is 24.1 Å². The molecule has 6 nitrogen and oxygen atoms in total. The molecule has 0 radical (unpaired) electrons. The van der Waals surface area contributed by atoms with Crippen LogP contribution in [0, 0.1) is 6.92 Å². The molecule has 8 heteroatoms. The number of carbonyl (C=O) groups is 1. The number of aryl methyl sites for hydroxylation is 1. The Kier molecular flexibility index (Phi) is 8.00. The fourth-order valence-corrected chi connectivity index (χ4v) is 4.83. The average molecular weight is 487 g/mol. The molecule has 3 rings (SSSR count). The van der Waals surface area contributed by atoms with E-state index in [0.29, 0.717) is 10.7 Å². The lowest BCUT2D eigenvalue weighted by molar-refractivity contribution is -0.119. The average Bonchev–Trinajstić information content (AvgIpc) is 2.77. The van der Waals surface area contributed by atoms with Crippen LogP contribution in [-0.2, 0) is 21.4 Å². The van der Waals surface area contributed by atoms with Crippen LogP contribution in [-0.4, -0.2) is 27.0 Å². The molecule has 3 aromatic carbocycles. The van der Waals surface area contributed by atoms with Gasteiger partial charge >= 0.3 is 0 Å². The summed E-state index contributed by atoms with van der Waals surface area (Å²) in [5, 5.41) is 3.23. The van der Waals surface area contributed by atoms with Gasteiger partial charge in [-0.15, -0.1) is 0 Å². The molecule has 0 bridgehead atoms. The topological polar surface area (TPSA) is 75.7 Å². The largest absolute Gasteiger partial charge is 0.491 e. The van der Waals surface area contributed by atoms with Crippen LogP contribution in [0.5, 0.6) is 5.75 Å². The third-order valence-electron chi connectivity index (χ3n) is 4.86. The molecule has 0 heterocycles. The van der Waals surface area contributed by atoms with Crippen molar-refractivity contribution in [1.29, 1.82) is 0 Å². The van der Waals surface area contributed by atoms with E-state index in [1.807, 2.05) is 44.2 Å². The third-order valence-corrected chi connectivity index (χ3v) is 6.88. The molecule has 0 fully saturated rings. The number of carbonyl (C=O) groups excluding carboxylic acids is 1. The van der Waals surface area contributed by atoms with Crippen molar-refractivity contribution in [2.45, 2.75) is 38.3 Å². The maximum atomic E-state index is 13.4. The molecule has 0 spiro atoms. The summed E-state index contributed by atoms with van der Waals surface area (Å²) in [7, 11) is -3.99. The fraction of sp³-hybridized carbons (Fsp3) is 0.240. The predicted octanol–water partition coefficient (Wildman–Crippen LogP) is 4.95. The minimum Gasteiger partial charge on any atom is -0.491 e. The van der Waals surface area contributed by atoms with Crippen LogP contribution in [0.25, 0.3) is 0 Å². The highest BCUT2D eigenvalue weighted by Gasteiger charge is 2.28. The van der Waals surface area contributed by atoms with Crippen LogP contribution in [0.4, 0.5) is 5.69 Å². The van der Waals surface area contributed by atoms with E-state index in [0.717, 1.165) is 21.2 Å². The number of ether oxygens (including phenoxy) is 1. The van der Waals surface area contributed by atoms with E-state index < -0.39 is 15.9 Å². The quantitative estimate of drug-likeness (QED) is 0.464. The first-order valence-corrected chi connectivity index (χ1v) is 12.3. The van der Waals surface area contributed by atoms with Gasteiger partial charge in [0.25, 0.3) is 10.0 Å². The highest BCUT2D eigenvalue weighted by atomic mass is 35.5. The van der Waals surface area contributed by atoms with Gasteiger partial charge in [0.05, 0.1) is 16.7 Å². The lowest BCUT2D eigenvalue weighted by Gasteiger charge is -2.25. The fourth-order valence-electron chi connectivity index (χ4n) is 3.22. The van der Waals surface area contributed by atoms with Crippen molar-refractivity contribution in [2.24, 2.45) is 0 Å². The Balaban J connectivity index is 1.78. The Morgan fingerprint density at radius 3 is 2.24 bits per heavy atom. The Morgan fingerprint density at radius 1 is 1.00 bits per heavy atom. The Bertz CT molecular complexity index is 1190. The van der Waals surface area contributed by atoms with E-state index in [1.54, 1.807) is 25.1 Å². The van der Waals surface area contributed by atoms with Gasteiger partial charge in [0, 0.05) is 11.6 Å². The summed E-state index contributed by atoms with van der Waals surface area (Å²) in [6.45, 7) is 5.62. The molecular formula is C25H27ClN2O4S. The van der Waals surface area contributed by atoms with Crippen molar-refractivity contribution >= 4 is 33.2 Å². The Hall–Kier alpha value is -3.03. The molecular weight excluding hydrogens is 460 g/mol. The SMILES string of the molecule is Cc1ccccc1N(CC(=O)NCc1ccc(OC(C)C)cc1)S(=O)(=O)c1ccc(Cl)cc1. The van der Waals surface area contributed by atoms with E-state index >= 15 is 0 Å². The smallest absolute Gasteiger partial charge is 0.264 e. The van der Waals surface area contributed by atoms with Gasteiger partial charge in [-0.3, -0.25) is 9.10 Å². The standard InChI is InChI=1S/C25H27ClN2O4S/c1-18(2)32-22-12-8-20(9-13-22)16-27-25(29)17-28(24-7-5-4-6-19(24)3)33(30,31)23-14-10-21(26)11-15-23/h4-15,18H,16-17H2,1-3H3,(H,27,29). The molecule has 33 heavy (non-hydrogen) atoms. The van der Waals surface area contributed by atoms with Crippen molar-refractivity contribution < 1.29 is 17.9 Å². The van der Waals surface area contributed by atoms with Crippen LogP contribution in [0.2, 0.25) is 5.02 Å². The van der Waals surface area contributed by atoms with Crippen LogP contribution < -0.4 is 14.4 Å². The van der Waals surface area contributed by atoms with Gasteiger partial charge < -0.3 is 10.1 Å². The first-order valence-electron chi connectivity index (χ1n) is 10.5. The molecule has 0 aliphatic rings. The van der Waals surface area contributed by atoms with Crippen molar-refractivity contribution in [1.82, 2.24) is 5.32 Å². The number of sulfonamides is 1. The molecule has 0 aliphatic carbocycles. The van der Waals surface area contributed by atoms with Gasteiger partial charge in [-0.05, 0) is 74.4 Å². The van der Waals surface area contributed by atoms with Crippen LogP contribution in [0.3, 0.4) is 0 Å². The van der Waals surface area contributed by atoms with Gasteiger partial charge in [-0.25, -0.2) is 8.42 Å². The van der Waals surface area contributed by atoms with E-state index in [2.05, 4.69) is 5.32 Å². The molecule has 0 aliphatic heterocycles. The van der Waals surface area contributed by atoms with Crippen molar-refractivity contribution in [3.63, 3.8) is 0 Å². The second-order valence-corrected chi connectivity index (χ2v) is 10.1. The summed E-state index contributed by atoms with van der Waals surface area (Å²) >= 11 is 5.92. The van der Waals surface area contributed by atoms with Crippen molar-refractivity contribution in [2.75, 3.05) is 10.8 Å². The molecule has 1 N–H and O–H groups in total. The zero-order valence-corrected chi connectivity index (χ0v) is 20.4. The molecule has 3 aromatic rings. The summed E-state index contributed by atoms with van der Waals surface area (Å²) in [4.78, 5) is 12.9. The second kappa shape index (κ2) is 10.7. The zero-order chi connectivity index (χ0) is 24.0. The summed E-state index contributed by atoms with van der Waals surface area (Å²) in [6.07, 6.45) is 0.0746. The maximum Gasteiger partial charge on any atom is 0.264 e. The lowest BCUT2D eigenvalue weighted by atomic mass is 10.2. The van der Waals surface area contributed by atoms with Gasteiger partial charge in [0.15, 0.2) is 0 Å². The lowest BCUT2D eigenvalue weighted by Crippen LogP contribution is -2.41. The summed E-state index contributed by atoms with van der Waals surface area (Å²) in [5.74, 6) is 0.332. The molecule has 1 amide bonds. The van der Waals surface area contributed by atoms with Crippen LogP contribution in [0.1, 0.15) is 25.0 Å². The summed E-state index contributed by atoms with van der Waals surface area (Å²) < 4.78 is 33.6. The second-order valence-electron chi connectivity index (χ2n) is 7.84. The van der Waals surface area contributed by atoms with Gasteiger partial charge in [-0.1, -0.05) is 41.9 Å². The summed E-state index contributed by atoms with van der Waals surface area (Å²) in [6, 6.07) is 20.3. The maximum absolute atomic E-state index is 13.4. The van der Waals surface area contributed by atoms with E-state index in [9.17, 15) is 13.2 Å². The van der Waals surface area contributed by atoms with Gasteiger partial charge in [-0.2, -0.15) is 0 Å². The predicted molar refractivity (Wildman–Crippen MR) is 131 cm³/mol. The molecule has 0 unspecified atom stereocenters. The number of hydrogen-bond donors (Lipinski definition) is 1. The van der Waals surface area contributed by atoms with Gasteiger partial charge in [0.1, 0.15) is 12.3 Å². The molecule has 174 valence electrons. The van der Waals surface area contributed by atoms with Crippen LogP contribution in [0.15, 0.2) is 77.7 Å². The first kappa shape index (κ1) is 24.6. The first-order chi connectivity index (χ1) is 15.7.